The normalized spacial score (nSPS) is 10.8. The SMILES string of the molecule is O=c1[nH]nc(Cc2ccccc2)c2ccc(Br)cc12. The van der Waals surface area contributed by atoms with E-state index in [1.165, 1.54) is 5.56 Å². The molecule has 0 unspecified atom stereocenters. The number of hydrogen-bond acceptors (Lipinski definition) is 2. The lowest BCUT2D eigenvalue weighted by Gasteiger charge is -2.05. The van der Waals surface area contributed by atoms with Gasteiger partial charge in [-0.05, 0) is 17.7 Å². The van der Waals surface area contributed by atoms with Crippen molar-refractivity contribution >= 4 is 26.7 Å². The zero-order valence-corrected chi connectivity index (χ0v) is 11.6. The lowest BCUT2D eigenvalue weighted by atomic mass is 10.0. The number of nitrogens with one attached hydrogen (secondary N) is 1. The number of H-pyrrole nitrogens is 1. The van der Waals surface area contributed by atoms with Crippen LogP contribution < -0.4 is 5.56 Å². The van der Waals surface area contributed by atoms with Crippen LogP contribution in [-0.2, 0) is 6.42 Å². The molecule has 0 fully saturated rings. The van der Waals surface area contributed by atoms with Gasteiger partial charge in [0.15, 0.2) is 0 Å². The Hall–Kier alpha value is -1.94. The van der Waals surface area contributed by atoms with Crippen LogP contribution in [-0.4, -0.2) is 10.2 Å². The van der Waals surface area contributed by atoms with Gasteiger partial charge in [-0.3, -0.25) is 4.79 Å². The van der Waals surface area contributed by atoms with E-state index < -0.39 is 0 Å². The van der Waals surface area contributed by atoms with E-state index in [-0.39, 0.29) is 5.56 Å². The van der Waals surface area contributed by atoms with Gasteiger partial charge in [0, 0.05) is 16.3 Å². The number of benzene rings is 2. The van der Waals surface area contributed by atoms with Crippen LogP contribution in [0.5, 0.6) is 0 Å². The summed E-state index contributed by atoms with van der Waals surface area (Å²) in [7, 11) is 0. The minimum Gasteiger partial charge on any atom is -0.267 e. The van der Waals surface area contributed by atoms with Gasteiger partial charge < -0.3 is 0 Å². The summed E-state index contributed by atoms with van der Waals surface area (Å²) in [4.78, 5) is 11.8. The third-order valence-corrected chi connectivity index (χ3v) is 3.54. The van der Waals surface area contributed by atoms with E-state index >= 15 is 0 Å². The Kier molecular flexibility index (Phi) is 3.17. The maximum Gasteiger partial charge on any atom is 0.272 e. The Balaban J connectivity index is 2.15. The molecule has 3 aromatic rings. The van der Waals surface area contributed by atoms with Crippen LogP contribution in [0.3, 0.4) is 0 Å². The van der Waals surface area contributed by atoms with Crippen molar-refractivity contribution in [2.75, 3.05) is 0 Å². The van der Waals surface area contributed by atoms with Gasteiger partial charge in [0.1, 0.15) is 0 Å². The maximum atomic E-state index is 11.8. The topological polar surface area (TPSA) is 45.8 Å². The van der Waals surface area contributed by atoms with Crippen LogP contribution in [0, 0.1) is 0 Å². The predicted molar refractivity (Wildman–Crippen MR) is 79.3 cm³/mol. The molecule has 0 saturated heterocycles. The zero-order chi connectivity index (χ0) is 13.2. The summed E-state index contributed by atoms with van der Waals surface area (Å²) >= 11 is 3.38. The molecule has 1 heterocycles. The molecule has 3 nitrogen and oxygen atoms in total. The molecule has 1 aromatic heterocycles. The van der Waals surface area contributed by atoms with Crippen LogP contribution in [0.2, 0.25) is 0 Å². The van der Waals surface area contributed by atoms with Gasteiger partial charge in [-0.1, -0.05) is 52.3 Å². The molecule has 0 atom stereocenters. The largest absolute Gasteiger partial charge is 0.272 e. The lowest BCUT2D eigenvalue weighted by Crippen LogP contribution is -2.11. The van der Waals surface area contributed by atoms with Crippen LogP contribution in [0.1, 0.15) is 11.3 Å². The molecule has 94 valence electrons. The third kappa shape index (κ3) is 2.44. The summed E-state index contributed by atoms with van der Waals surface area (Å²) in [5.74, 6) is 0. The molecule has 0 saturated carbocycles. The Morgan fingerprint density at radius 3 is 2.63 bits per heavy atom. The second kappa shape index (κ2) is 4.97. The van der Waals surface area contributed by atoms with E-state index in [4.69, 9.17) is 0 Å². The number of halogens is 1. The van der Waals surface area contributed by atoms with Crippen molar-refractivity contribution in [3.05, 3.63) is 74.6 Å². The quantitative estimate of drug-likeness (QED) is 0.789. The maximum absolute atomic E-state index is 11.8. The van der Waals surface area contributed by atoms with Gasteiger partial charge in [-0.25, -0.2) is 5.10 Å². The Labute approximate surface area is 118 Å². The van der Waals surface area contributed by atoms with Crippen molar-refractivity contribution in [3.63, 3.8) is 0 Å². The van der Waals surface area contributed by atoms with Gasteiger partial charge >= 0.3 is 0 Å². The van der Waals surface area contributed by atoms with Crippen LogP contribution in [0.15, 0.2) is 57.8 Å². The first kappa shape index (κ1) is 12.1. The standard InChI is InChI=1S/C15H11BrN2O/c16-11-6-7-12-13(9-11)15(19)18-17-14(12)8-10-4-2-1-3-5-10/h1-7,9H,8H2,(H,18,19). The van der Waals surface area contributed by atoms with Gasteiger partial charge in [0.25, 0.3) is 5.56 Å². The average molecular weight is 315 g/mol. The van der Waals surface area contributed by atoms with E-state index in [2.05, 4.69) is 38.3 Å². The number of hydrogen-bond donors (Lipinski definition) is 1. The van der Waals surface area contributed by atoms with Crippen molar-refractivity contribution in [1.82, 2.24) is 10.2 Å². The molecule has 2 aromatic carbocycles. The van der Waals surface area contributed by atoms with Crippen LogP contribution in [0.25, 0.3) is 10.8 Å². The third-order valence-electron chi connectivity index (χ3n) is 3.04. The van der Waals surface area contributed by atoms with E-state index in [0.717, 1.165) is 15.6 Å². The van der Waals surface area contributed by atoms with Crippen LogP contribution in [0.4, 0.5) is 0 Å². The minimum absolute atomic E-state index is 0.159. The molecular formula is C15H11BrN2O. The highest BCUT2D eigenvalue weighted by atomic mass is 79.9. The second-order valence-electron chi connectivity index (χ2n) is 4.35. The van der Waals surface area contributed by atoms with E-state index in [1.807, 2.05) is 36.4 Å². The predicted octanol–water partition coefficient (Wildman–Crippen LogP) is 3.28. The molecule has 0 aliphatic heterocycles. The number of nitrogens with zero attached hydrogens (tertiary/aromatic N) is 1. The molecule has 0 spiro atoms. The molecule has 0 radical (unpaired) electrons. The Morgan fingerprint density at radius 2 is 1.84 bits per heavy atom. The first-order chi connectivity index (χ1) is 9.24. The van der Waals surface area contributed by atoms with Gasteiger partial charge in [-0.2, -0.15) is 5.10 Å². The number of rotatable bonds is 2. The van der Waals surface area contributed by atoms with E-state index in [1.54, 1.807) is 0 Å². The van der Waals surface area contributed by atoms with Crippen molar-refractivity contribution in [2.24, 2.45) is 0 Å². The molecule has 0 bridgehead atoms. The van der Waals surface area contributed by atoms with Gasteiger partial charge in [0.2, 0.25) is 0 Å². The first-order valence-electron chi connectivity index (χ1n) is 5.95. The molecule has 4 heteroatoms. The van der Waals surface area contributed by atoms with Gasteiger partial charge in [0.05, 0.1) is 11.1 Å². The summed E-state index contributed by atoms with van der Waals surface area (Å²) in [5, 5.41) is 8.30. The fraction of sp³-hybridized carbons (Fsp3) is 0.0667. The number of aromatic amines is 1. The van der Waals surface area contributed by atoms with Gasteiger partial charge in [-0.15, -0.1) is 0 Å². The molecular weight excluding hydrogens is 304 g/mol. The van der Waals surface area contributed by atoms with E-state index in [9.17, 15) is 4.79 Å². The van der Waals surface area contributed by atoms with Crippen molar-refractivity contribution in [3.8, 4) is 0 Å². The van der Waals surface area contributed by atoms with Crippen molar-refractivity contribution in [2.45, 2.75) is 6.42 Å². The van der Waals surface area contributed by atoms with E-state index in [0.29, 0.717) is 11.8 Å². The fourth-order valence-corrected chi connectivity index (χ4v) is 2.48. The fourth-order valence-electron chi connectivity index (χ4n) is 2.12. The summed E-state index contributed by atoms with van der Waals surface area (Å²) in [6.45, 7) is 0. The summed E-state index contributed by atoms with van der Waals surface area (Å²) in [6, 6.07) is 15.8. The Morgan fingerprint density at radius 1 is 1.05 bits per heavy atom. The Bertz CT molecular complexity index is 781. The monoisotopic (exact) mass is 314 g/mol. The molecule has 0 amide bonds. The molecule has 0 aliphatic carbocycles. The number of aromatic nitrogens is 2. The van der Waals surface area contributed by atoms with Crippen LogP contribution >= 0.6 is 15.9 Å². The summed E-state index contributed by atoms with van der Waals surface area (Å²) in [6.07, 6.45) is 0.704. The summed E-state index contributed by atoms with van der Waals surface area (Å²) < 4.78 is 0.891. The highest BCUT2D eigenvalue weighted by Crippen LogP contribution is 2.20. The smallest absolute Gasteiger partial charge is 0.267 e. The highest BCUT2D eigenvalue weighted by molar-refractivity contribution is 9.10. The van der Waals surface area contributed by atoms with Crippen molar-refractivity contribution in [1.29, 1.82) is 0 Å². The molecule has 1 N–H and O–H groups in total. The second-order valence-corrected chi connectivity index (χ2v) is 5.27. The number of fused-ring (bicyclic) bond motifs is 1. The molecule has 3 rings (SSSR count). The lowest BCUT2D eigenvalue weighted by molar-refractivity contribution is 0.934. The highest BCUT2D eigenvalue weighted by Gasteiger charge is 2.07. The summed E-state index contributed by atoms with van der Waals surface area (Å²) in [5.41, 5.74) is 1.90. The molecule has 19 heavy (non-hydrogen) atoms. The first-order valence-corrected chi connectivity index (χ1v) is 6.74. The zero-order valence-electron chi connectivity index (χ0n) is 10.1. The van der Waals surface area contributed by atoms with Crippen molar-refractivity contribution < 1.29 is 0 Å². The molecule has 0 aliphatic rings. The minimum atomic E-state index is -0.159. The average Bonchev–Trinajstić information content (AvgIpc) is 2.43.